The van der Waals surface area contributed by atoms with Crippen LogP contribution < -0.4 is 14.9 Å². The van der Waals surface area contributed by atoms with Crippen molar-refractivity contribution in [3.8, 4) is 22.8 Å². The lowest BCUT2D eigenvalue weighted by Crippen LogP contribution is -2.02. The molecule has 0 spiro atoms. The van der Waals surface area contributed by atoms with Crippen LogP contribution in [0, 0.1) is 0 Å². The van der Waals surface area contributed by atoms with Gasteiger partial charge in [-0.15, -0.1) is 0 Å². The van der Waals surface area contributed by atoms with E-state index in [-0.39, 0.29) is 5.43 Å². The molecule has 4 nitrogen and oxygen atoms in total. The van der Waals surface area contributed by atoms with E-state index >= 15 is 0 Å². The smallest absolute Gasteiger partial charge is 0.193 e. The van der Waals surface area contributed by atoms with Gasteiger partial charge in [-0.3, -0.25) is 4.79 Å². The summed E-state index contributed by atoms with van der Waals surface area (Å²) in [4.78, 5) is 12.6. The average molecular weight is 393 g/mol. The third-order valence-corrected chi connectivity index (χ3v) is 4.79. The van der Waals surface area contributed by atoms with E-state index in [2.05, 4.69) is 0 Å². The van der Waals surface area contributed by atoms with Gasteiger partial charge in [-0.25, -0.2) is 0 Å². The van der Waals surface area contributed by atoms with Crippen LogP contribution in [0.15, 0.2) is 82.0 Å². The summed E-state index contributed by atoms with van der Waals surface area (Å²) in [6.45, 7) is 0.320. The number of fused-ring (bicyclic) bond motifs is 1. The second-order valence-electron chi connectivity index (χ2n) is 6.24. The molecule has 0 radical (unpaired) electrons. The molecule has 1 aromatic heterocycles. The largest absolute Gasteiger partial charge is 0.497 e. The number of rotatable bonds is 5. The first kappa shape index (κ1) is 18.1. The maximum atomic E-state index is 12.6. The summed E-state index contributed by atoms with van der Waals surface area (Å²) >= 11 is 6.15. The Morgan fingerprint density at radius 2 is 1.68 bits per heavy atom. The molecule has 0 aliphatic rings. The highest BCUT2D eigenvalue weighted by atomic mass is 35.5. The van der Waals surface area contributed by atoms with Gasteiger partial charge >= 0.3 is 0 Å². The van der Waals surface area contributed by atoms with E-state index in [1.54, 1.807) is 25.3 Å². The van der Waals surface area contributed by atoms with E-state index in [0.29, 0.717) is 34.1 Å². The van der Waals surface area contributed by atoms with E-state index in [9.17, 15) is 4.79 Å². The Hall–Kier alpha value is -3.24. The van der Waals surface area contributed by atoms with Crippen LogP contribution in [0.4, 0.5) is 0 Å². The van der Waals surface area contributed by atoms with E-state index in [1.165, 1.54) is 6.07 Å². The second-order valence-corrected chi connectivity index (χ2v) is 6.65. The van der Waals surface area contributed by atoms with Crippen molar-refractivity contribution in [1.29, 1.82) is 0 Å². The van der Waals surface area contributed by atoms with Crippen molar-refractivity contribution in [2.24, 2.45) is 0 Å². The number of benzene rings is 3. The molecular formula is C23H17ClO4. The fraction of sp³-hybridized carbons (Fsp3) is 0.0870. The molecule has 0 aliphatic carbocycles. The van der Waals surface area contributed by atoms with Crippen molar-refractivity contribution in [3.63, 3.8) is 0 Å². The normalized spacial score (nSPS) is 10.8. The standard InChI is InChI=1S/C23H17ClO4/c1-26-17-8-6-15(7-9-17)23-13-21(25)19-12-18(10-11-22(19)28-23)27-14-16-4-2-3-5-20(16)24/h2-13H,14H2,1H3. The molecule has 0 bridgehead atoms. The van der Waals surface area contributed by atoms with Gasteiger partial charge < -0.3 is 13.9 Å². The topological polar surface area (TPSA) is 48.7 Å². The van der Waals surface area contributed by atoms with Crippen LogP contribution in [0.2, 0.25) is 5.02 Å². The lowest BCUT2D eigenvalue weighted by molar-refractivity contribution is 0.306. The van der Waals surface area contributed by atoms with Gasteiger partial charge in [-0.05, 0) is 48.5 Å². The van der Waals surface area contributed by atoms with Crippen LogP contribution in [-0.2, 0) is 6.61 Å². The highest BCUT2D eigenvalue weighted by molar-refractivity contribution is 6.31. The van der Waals surface area contributed by atoms with Gasteiger partial charge in [0.2, 0.25) is 0 Å². The number of hydrogen-bond acceptors (Lipinski definition) is 4. The maximum Gasteiger partial charge on any atom is 0.193 e. The molecule has 0 saturated heterocycles. The Bertz CT molecular complexity index is 1180. The first-order valence-corrected chi connectivity index (χ1v) is 9.10. The minimum atomic E-state index is -0.129. The van der Waals surface area contributed by atoms with Crippen LogP contribution in [0.3, 0.4) is 0 Å². The summed E-state index contributed by atoms with van der Waals surface area (Å²) in [6, 6.07) is 21.5. The summed E-state index contributed by atoms with van der Waals surface area (Å²) < 4.78 is 16.9. The molecule has 1 heterocycles. The van der Waals surface area contributed by atoms with Gasteiger partial charge in [0.1, 0.15) is 29.4 Å². The zero-order chi connectivity index (χ0) is 19.5. The van der Waals surface area contributed by atoms with Crippen molar-refractivity contribution in [2.75, 3.05) is 7.11 Å². The number of hydrogen-bond donors (Lipinski definition) is 0. The molecule has 0 fully saturated rings. The fourth-order valence-corrected chi connectivity index (χ4v) is 3.09. The Morgan fingerprint density at radius 1 is 0.929 bits per heavy atom. The molecule has 5 heteroatoms. The Morgan fingerprint density at radius 3 is 2.43 bits per heavy atom. The quantitative estimate of drug-likeness (QED) is 0.437. The molecule has 0 atom stereocenters. The van der Waals surface area contributed by atoms with Gasteiger partial charge in [0.15, 0.2) is 5.43 Å². The lowest BCUT2D eigenvalue weighted by Gasteiger charge is -2.09. The van der Waals surface area contributed by atoms with E-state index in [1.807, 2.05) is 48.5 Å². The van der Waals surface area contributed by atoms with Crippen LogP contribution in [0.5, 0.6) is 11.5 Å². The molecule has 4 aromatic rings. The molecule has 4 rings (SSSR count). The van der Waals surface area contributed by atoms with E-state index in [4.69, 9.17) is 25.5 Å². The fourth-order valence-electron chi connectivity index (χ4n) is 2.90. The minimum absolute atomic E-state index is 0.129. The molecule has 3 aromatic carbocycles. The lowest BCUT2D eigenvalue weighted by atomic mass is 10.1. The van der Waals surface area contributed by atoms with Crippen LogP contribution >= 0.6 is 11.6 Å². The highest BCUT2D eigenvalue weighted by Gasteiger charge is 2.09. The molecule has 0 N–H and O–H groups in total. The van der Waals surface area contributed by atoms with Gasteiger partial charge in [0.05, 0.1) is 12.5 Å². The average Bonchev–Trinajstić information content (AvgIpc) is 2.73. The number of methoxy groups -OCH3 is 1. The molecule has 0 amide bonds. The van der Waals surface area contributed by atoms with Crippen LogP contribution in [0.25, 0.3) is 22.3 Å². The third kappa shape index (κ3) is 3.73. The highest BCUT2D eigenvalue weighted by Crippen LogP contribution is 2.26. The predicted molar refractivity (Wildman–Crippen MR) is 110 cm³/mol. The molecular weight excluding hydrogens is 376 g/mol. The van der Waals surface area contributed by atoms with Gasteiger partial charge in [-0.2, -0.15) is 0 Å². The first-order valence-electron chi connectivity index (χ1n) is 8.72. The monoisotopic (exact) mass is 392 g/mol. The van der Waals surface area contributed by atoms with Gasteiger partial charge in [0.25, 0.3) is 0 Å². The van der Waals surface area contributed by atoms with Gasteiger partial charge in [-0.1, -0.05) is 29.8 Å². The summed E-state index contributed by atoms with van der Waals surface area (Å²) in [7, 11) is 1.61. The maximum absolute atomic E-state index is 12.6. The van der Waals surface area contributed by atoms with Crippen LogP contribution in [-0.4, -0.2) is 7.11 Å². The summed E-state index contributed by atoms with van der Waals surface area (Å²) in [5.41, 5.74) is 2.06. The summed E-state index contributed by atoms with van der Waals surface area (Å²) in [5.74, 6) is 1.83. The molecule has 28 heavy (non-hydrogen) atoms. The molecule has 0 unspecified atom stereocenters. The zero-order valence-corrected chi connectivity index (χ0v) is 15.9. The SMILES string of the molecule is COc1ccc(-c2cc(=O)c3cc(OCc4ccccc4Cl)ccc3o2)cc1. The minimum Gasteiger partial charge on any atom is -0.497 e. The Labute approximate surface area is 166 Å². The Kier molecular flexibility index (Phi) is 5.04. The number of ether oxygens (including phenoxy) is 2. The van der Waals surface area contributed by atoms with Crippen molar-refractivity contribution < 1.29 is 13.9 Å². The molecule has 140 valence electrons. The van der Waals surface area contributed by atoms with Crippen molar-refractivity contribution in [3.05, 3.63) is 93.6 Å². The molecule has 0 saturated carbocycles. The van der Waals surface area contributed by atoms with E-state index in [0.717, 1.165) is 16.9 Å². The van der Waals surface area contributed by atoms with Crippen molar-refractivity contribution in [1.82, 2.24) is 0 Å². The van der Waals surface area contributed by atoms with Crippen molar-refractivity contribution in [2.45, 2.75) is 6.61 Å². The molecule has 0 aliphatic heterocycles. The van der Waals surface area contributed by atoms with Crippen LogP contribution in [0.1, 0.15) is 5.56 Å². The zero-order valence-electron chi connectivity index (χ0n) is 15.1. The first-order chi connectivity index (χ1) is 13.6. The van der Waals surface area contributed by atoms with Crippen molar-refractivity contribution >= 4 is 22.6 Å². The number of halogens is 1. The second kappa shape index (κ2) is 7.79. The third-order valence-electron chi connectivity index (χ3n) is 4.43. The summed E-state index contributed by atoms with van der Waals surface area (Å²) in [6.07, 6.45) is 0. The van der Waals surface area contributed by atoms with Gasteiger partial charge in [0, 0.05) is 22.2 Å². The Balaban J connectivity index is 1.62. The predicted octanol–water partition coefficient (Wildman–Crippen LogP) is 5.70. The van der Waals surface area contributed by atoms with E-state index < -0.39 is 0 Å². The summed E-state index contributed by atoms with van der Waals surface area (Å²) in [5, 5.41) is 1.11.